The Morgan fingerprint density at radius 3 is 2.00 bits per heavy atom. The van der Waals surface area contributed by atoms with Gasteiger partial charge in [0.25, 0.3) is 0 Å². The molecule has 0 unspecified atom stereocenters. The van der Waals surface area contributed by atoms with Crippen LogP contribution in [0.1, 0.15) is 12.8 Å². The van der Waals surface area contributed by atoms with Crippen molar-refractivity contribution >= 4 is 12.2 Å². The van der Waals surface area contributed by atoms with Crippen molar-refractivity contribution in [2.75, 3.05) is 6.54 Å². The van der Waals surface area contributed by atoms with Gasteiger partial charge in [0, 0.05) is 13.0 Å². The Labute approximate surface area is 72.6 Å². The van der Waals surface area contributed by atoms with Crippen LogP contribution in [0.2, 0.25) is 0 Å². The average Bonchev–Trinajstić information content (AvgIpc) is 1.95. The van der Waals surface area contributed by atoms with Crippen molar-refractivity contribution in [1.29, 1.82) is 0 Å². The highest BCUT2D eigenvalue weighted by atomic mass is 19.3. The van der Waals surface area contributed by atoms with E-state index in [9.17, 15) is 18.4 Å². The topological polar surface area (TPSA) is 77.8 Å². The summed E-state index contributed by atoms with van der Waals surface area (Å²) in [6, 6.07) is 0. The molecule has 0 aliphatic rings. The molecule has 7 heteroatoms. The van der Waals surface area contributed by atoms with Gasteiger partial charge in [-0.2, -0.15) is 0 Å². The van der Waals surface area contributed by atoms with Crippen LogP contribution in [0.3, 0.4) is 0 Å². The van der Waals surface area contributed by atoms with Gasteiger partial charge in [0.05, 0.1) is 0 Å². The number of imide groups is 1. The first kappa shape index (κ1) is 11.6. The molecule has 2 N–H and O–H groups in total. The monoisotopic (exact) mass is 197 g/mol. The van der Waals surface area contributed by atoms with E-state index in [2.05, 4.69) is 0 Å². The summed E-state index contributed by atoms with van der Waals surface area (Å²) in [5.41, 5.74) is 0. The van der Waals surface area contributed by atoms with E-state index in [0.29, 0.717) is 0 Å². The lowest BCUT2D eigenvalue weighted by Gasteiger charge is -2.12. The molecule has 0 aromatic carbocycles. The second kappa shape index (κ2) is 5.28. The highest BCUT2D eigenvalue weighted by molar-refractivity contribution is 5.85. The van der Waals surface area contributed by atoms with Crippen LogP contribution in [-0.4, -0.2) is 40.3 Å². The van der Waals surface area contributed by atoms with Gasteiger partial charge >= 0.3 is 12.2 Å². The summed E-state index contributed by atoms with van der Waals surface area (Å²) in [5, 5.41) is 16.5. The molecule has 13 heavy (non-hydrogen) atoms. The highest BCUT2D eigenvalue weighted by Gasteiger charge is 2.19. The molecule has 0 aromatic heterocycles. The summed E-state index contributed by atoms with van der Waals surface area (Å²) in [7, 11) is 0. The zero-order valence-corrected chi connectivity index (χ0v) is 6.61. The number of carbonyl (C=O) groups is 2. The minimum absolute atomic E-state index is 0.0718. The second-order valence-electron chi connectivity index (χ2n) is 2.25. The summed E-state index contributed by atoms with van der Waals surface area (Å²) in [4.78, 5) is 20.4. The number of hydrogen-bond acceptors (Lipinski definition) is 2. The average molecular weight is 197 g/mol. The standard InChI is InChI=1S/C6H9F2NO4/c7-4(8)2-1-3-9(5(10)11)6(12)13/h4H,1-3H2,(H,10,11)(H,12,13). The molecule has 5 nitrogen and oxygen atoms in total. The van der Waals surface area contributed by atoms with Crippen LogP contribution in [-0.2, 0) is 0 Å². The van der Waals surface area contributed by atoms with E-state index in [1.165, 1.54) is 0 Å². The molecule has 0 fully saturated rings. The molecule has 0 rings (SSSR count). The number of hydrogen-bond donors (Lipinski definition) is 2. The van der Waals surface area contributed by atoms with Gasteiger partial charge in [0.1, 0.15) is 0 Å². The first-order valence-electron chi connectivity index (χ1n) is 3.46. The summed E-state index contributed by atoms with van der Waals surface area (Å²) < 4.78 is 23.1. The van der Waals surface area contributed by atoms with E-state index in [1.54, 1.807) is 0 Å². The van der Waals surface area contributed by atoms with Crippen LogP contribution >= 0.6 is 0 Å². The Kier molecular flexibility index (Phi) is 4.71. The number of alkyl halides is 2. The Balaban J connectivity index is 3.84. The zero-order chi connectivity index (χ0) is 10.4. The van der Waals surface area contributed by atoms with Gasteiger partial charge in [-0.05, 0) is 6.42 Å². The number of amides is 2. The van der Waals surface area contributed by atoms with Gasteiger partial charge in [0.2, 0.25) is 6.43 Å². The van der Waals surface area contributed by atoms with Crippen molar-refractivity contribution in [2.45, 2.75) is 19.3 Å². The van der Waals surface area contributed by atoms with Crippen LogP contribution < -0.4 is 0 Å². The zero-order valence-electron chi connectivity index (χ0n) is 6.61. The lowest BCUT2D eigenvalue weighted by molar-refractivity contribution is 0.109. The fraction of sp³-hybridized carbons (Fsp3) is 0.667. The maximum absolute atomic E-state index is 11.6. The molecular formula is C6H9F2NO4. The fourth-order valence-corrected chi connectivity index (χ4v) is 0.677. The van der Waals surface area contributed by atoms with E-state index < -0.39 is 31.6 Å². The molecule has 0 aromatic rings. The van der Waals surface area contributed by atoms with Gasteiger partial charge in [-0.3, -0.25) is 0 Å². The molecular weight excluding hydrogens is 188 g/mol. The third-order valence-electron chi connectivity index (χ3n) is 1.27. The third kappa shape index (κ3) is 4.94. The van der Waals surface area contributed by atoms with Crippen LogP contribution in [0.15, 0.2) is 0 Å². The van der Waals surface area contributed by atoms with Crippen LogP contribution in [0.5, 0.6) is 0 Å². The van der Waals surface area contributed by atoms with Crippen molar-refractivity contribution in [2.24, 2.45) is 0 Å². The SMILES string of the molecule is O=C(O)N(CCCC(F)F)C(=O)O. The number of rotatable bonds is 4. The number of nitrogens with zero attached hydrogens (tertiary/aromatic N) is 1. The Bertz CT molecular complexity index is 183. The highest BCUT2D eigenvalue weighted by Crippen LogP contribution is 2.04. The predicted molar refractivity (Wildman–Crippen MR) is 38.0 cm³/mol. The minimum Gasteiger partial charge on any atom is -0.465 e. The van der Waals surface area contributed by atoms with Gasteiger partial charge < -0.3 is 10.2 Å². The molecule has 0 saturated heterocycles. The molecule has 0 atom stereocenters. The first-order chi connectivity index (χ1) is 5.95. The van der Waals surface area contributed by atoms with Gasteiger partial charge in [0.15, 0.2) is 0 Å². The second-order valence-corrected chi connectivity index (χ2v) is 2.25. The third-order valence-corrected chi connectivity index (χ3v) is 1.27. The van der Waals surface area contributed by atoms with Crippen molar-refractivity contribution < 1.29 is 28.6 Å². The molecule has 0 saturated carbocycles. The van der Waals surface area contributed by atoms with Crippen molar-refractivity contribution in [3.8, 4) is 0 Å². The van der Waals surface area contributed by atoms with Gasteiger partial charge in [-0.15, -0.1) is 0 Å². The van der Waals surface area contributed by atoms with Crippen LogP contribution in [0.4, 0.5) is 18.4 Å². The maximum Gasteiger partial charge on any atom is 0.416 e. The normalized spacial score (nSPS) is 10.1. The molecule has 76 valence electrons. The first-order valence-corrected chi connectivity index (χ1v) is 3.46. The lowest BCUT2D eigenvalue weighted by atomic mass is 10.3. The van der Waals surface area contributed by atoms with E-state index >= 15 is 0 Å². The Morgan fingerprint density at radius 1 is 1.23 bits per heavy atom. The Hall–Kier alpha value is -1.40. The van der Waals surface area contributed by atoms with Gasteiger partial charge in [-0.25, -0.2) is 23.3 Å². The molecule has 0 aliphatic carbocycles. The number of carboxylic acid groups (broad SMARTS) is 2. The molecule has 0 spiro atoms. The quantitative estimate of drug-likeness (QED) is 0.718. The fourth-order valence-electron chi connectivity index (χ4n) is 0.677. The van der Waals surface area contributed by atoms with E-state index in [-0.39, 0.29) is 11.3 Å². The van der Waals surface area contributed by atoms with E-state index in [1.807, 2.05) is 0 Å². The molecule has 0 radical (unpaired) electrons. The van der Waals surface area contributed by atoms with Crippen LogP contribution in [0, 0.1) is 0 Å². The minimum atomic E-state index is -2.54. The van der Waals surface area contributed by atoms with Crippen LogP contribution in [0.25, 0.3) is 0 Å². The predicted octanol–water partition coefficient (Wildman–Crippen LogP) is 1.69. The Morgan fingerprint density at radius 2 is 1.69 bits per heavy atom. The number of halogens is 2. The molecule has 0 heterocycles. The summed E-state index contributed by atoms with van der Waals surface area (Å²) in [6.07, 6.45) is -6.51. The van der Waals surface area contributed by atoms with Crippen molar-refractivity contribution in [3.63, 3.8) is 0 Å². The molecule has 2 amide bonds. The smallest absolute Gasteiger partial charge is 0.416 e. The van der Waals surface area contributed by atoms with E-state index in [4.69, 9.17) is 10.2 Å². The summed E-state index contributed by atoms with van der Waals surface area (Å²) >= 11 is 0. The summed E-state index contributed by atoms with van der Waals surface area (Å²) in [5.74, 6) is 0. The van der Waals surface area contributed by atoms with Crippen molar-refractivity contribution in [3.05, 3.63) is 0 Å². The molecule has 0 aliphatic heterocycles. The largest absolute Gasteiger partial charge is 0.465 e. The van der Waals surface area contributed by atoms with Crippen molar-refractivity contribution in [1.82, 2.24) is 4.90 Å². The lowest BCUT2D eigenvalue weighted by Crippen LogP contribution is -2.35. The molecule has 0 bridgehead atoms. The maximum atomic E-state index is 11.6. The van der Waals surface area contributed by atoms with E-state index in [0.717, 1.165) is 0 Å². The summed E-state index contributed by atoms with van der Waals surface area (Å²) in [6.45, 7) is -0.422. The van der Waals surface area contributed by atoms with Gasteiger partial charge in [-0.1, -0.05) is 0 Å².